The Hall–Kier alpha value is -2.83. The molecule has 0 aromatic heterocycles. The van der Waals surface area contributed by atoms with Crippen LogP contribution < -0.4 is 10.6 Å². The fourth-order valence-electron chi connectivity index (χ4n) is 3.90. The van der Waals surface area contributed by atoms with E-state index in [9.17, 15) is 24.0 Å². The van der Waals surface area contributed by atoms with Gasteiger partial charge in [0.2, 0.25) is 11.8 Å². The third-order valence-corrected chi connectivity index (χ3v) is 6.30. The number of rotatable bonds is 10. The predicted molar refractivity (Wildman–Crippen MR) is 142 cm³/mol. The van der Waals surface area contributed by atoms with Crippen molar-refractivity contribution in [2.45, 2.75) is 44.7 Å². The maximum Gasteiger partial charge on any atom is 0.552 e. The Bertz CT molecular complexity index is 1090. The number of hydrogen-bond donors (Lipinski definition) is 2. The highest BCUT2D eigenvalue weighted by Gasteiger charge is 2.55. The summed E-state index contributed by atoms with van der Waals surface area (Å²) >= 11 is 12.0. The van der Waals surface area contributed by atoms with Crippen molar-refractivity contribution in [2.75, 3.05) is 34.7 Å². The lowest BCUT2D eigenvalue weighted by molar-refractivity contribution is -0.167. The molecule has 1 aromatic carbocycles. The van der Waals surface area contributed by atoms with E-state index in [1.54, 1.807) is 0 Å². The summed E-state index contributed by atoms with van der Waals surface area (Å²) in [5.41, 5.74) is -1.70. The molecule has 2 atom stereocenters. The summed E-state index contributed by atoms with van der Waals surface area (Å²) in [6.07, 6.45) is -0.536. The van der Waals surface area contributed by atoms with Crippen LogP contribution in [0.5, 0.6) is 0 Å². The molecule has 14 heteroatoms. The first-order valence-corrected chi connectivity index (χ1v) is 12.7. The molecule has 2 rings (SSSR count). The van der Waals surface area contributed by atoms with E-state index < -0.39 is 61.2 Å². The summed E-state index contributed by atoms with van der Waals surface area (Å²) in [4.78, 5) is 66.3. The highest BCUT2D eigenvalue weighted by atomic mass is 35.5. The molecule has 0 saturated carbocycles. The Morgan fingerprint density at radius 3 is 2.34 bits per heavy atom. The maximum atomic E-state index is 13.2. The van der Waals surface area contributed by atoms with Gasteiger partial charge in [-0.1, -0.05) is 37.0 Å². The van der Waals surface area contributed by atoms with Gasteiger partial charge in [-0.3, -0.25) is 24.0 Å². The average Bonchev–Trinajstić information content (AvgIpc) is 2.82. The van der Waals surface area contributed by atoms with Crippen LogP contribution in [0, 0.1) is 5.92 Å². The molecule has 1 aliphatic rings. The van der Waals surface area contributed by atoms with Crippen molar-refractivity contribution in [2.24, 2.45) is 5.92 Å². The molecular weight excluding hydrogens is 538 g/mol. The van der Waals surface area contributed by atoms with E-state index in [0.717, 1.165) is 0 Å². The lowest BCUT2D eigenvalue weighted by Gasteiger charge is -2.41. The van der Waals surface area contributed by atoms with Gasteiger partial charge < -0.3 is 29.7 Å². The normalized spacial score (nSPS) is 17.9. The Labute approximate surface area is 232 Å². The van der Waals surface area contributed by atoms with Crippen LogP contribution in [0.15, 0.2) is 18.2 Å². The molecule has 208 valence electrons. The van der Waals surface area contributed by atoms with Gasteiger partial charge in [-0.15, -0.1) is 0 Å². The quantitative estimate of drug-likeness (QED) is 0.407. The molecule has 1 aliphatic heterocycles. The Balaban J connectivity index is 2.23. The topological polar surface area (TPSA) is 134 Å². The van der Waals surface area contributed by atoms with E-state index in [-0.39, 0.29) is 22.9 Å². The highest BCUT2D eigenvalue weighted by Crippen LogP contribution is 2.31. The zero-order valence-electron chi connectivity index (χ0n) is 22.3. The second-order valence-electron chi connectivity index (χ2n) is 9.92. The summed E-state index contributed by atoms with van der Waals surface area (Å²) in [6.45, 7) is 3.36. The first kappa shape index (κ1) is 31.4. The van der Waals surface area contributed by atoms with Crippen molar-refractivity contribution in [3.8, 4) is 0 Å². The molecule has 0 radical (unpaired) electrons. The molecule has 0 aliphatic carbocycles. The third kappa shape index (κ3) is 8.34. The molecule has 2 N–H and O–H groups in total. The number of nitrogens with zero attached hydrogens (tertiary/aromatic N) is 2. The van der Waals surface area contributed by atoms with Gasteiger partial charge in [0.05, 0.1) is 35.9 Å². The van der Waals surface area contributed by atoms with E-state index >= 15 is 0 Å². The van der Waals surface area contributed by atoms with E-state index in [4.69, 9.17) is 32.5 Å². The standard InChI is InChI=1S/C24H33BCl2N4O7/c1-14(2)9-18(29-19(32)13-28-22(35)16-10-15(26)7-8-17(16)27)25-37-21(34)12-24(38-25,23(36)31(5)6)11-20(33)30(3)4/h7-8,10,14,18H,9,11-13H2,1-6H3,(H,28,35)(H,29,32)/t18-,24+/m0/s1. The second kappa shape index (κ2) is 13.3. The van der Waals surface area contributed by atoms with Crippen LogP contribution in [-0.4, -0.2) is 92.8 Å². The van der Waals surface area contributed by atoms with Gasteiger partial charge in [0.1, 0.15) is 0 Å². The number of benzene rings is 1. The molecule has 1 heterocycles. The van der Waals surface area contributed by atoms with Crippen molar-refractivity contribution in [3.63, 3.8) is 0 Å². The van der Waals surface area contributed by atoms with Gasteiger partial charge in [0.25, 0.3) is 17.8 Å². The van der Waals surface area contributed by atoms with E-state index in [2.05, 4.69) is 10.6 Å². The fourth-order valence-corrected chi connectivity index (χ4v) is 4.28. The minimum absolute atomic E-state index is 0.0201. The van der Waals surface area contributed by atoms with Crippen molar-refractivity contribution >= 4 is 59.9 Å². The summed E-state index contributed by atoms with van der Waals surface area (Å²) in [7, 11) is 4.69. The summed E-state index contributed by atoms with van der Waals surface area (Å²) in [6, 6.07) is 4.38. The molecule has 1 aromatic rings. The molecule has 4 amide bonds. The molecular formula is C24H33BCl2N4O7. The van der Waals surface area contributed by atoms with Crippen LogP contribution in [-0.2, 0) is 28.5 Å². The number of amides is 4. The number of nitrogens with one attached hydrogen (secondary N) is 2. The largest absolute Gasteiger partial charge is 0.552 e. The summed E-state index contributed by atoms with van der Waals surface area (Å²) < 4.78 is 11.5. The van der Waals surface area contributed by atoms with Crippen LogP contribution >= 0.6 is 23.2 Å². The predicted octanol–water partition coefficient (Wildman–Crippen LogP) is 1.55. The van der Waals surface area contributed by atoms with Gasteiger partial charge in [-0.25, -0.2) is 0 Å². The smallest absolute Gasteiger partial charge is 0.508 e. The minimum atomic E-state index is -1.80. The number of hydrogen-bond acceptors (Lipinski definition) is 7. The first-order chi connectivity index (χ1) is 17.6. The van der Waals surface area contributed by atoms with E-state index in [0.29, 0.717) is 11.4 Å². The van der Waals surface area contributed by atoms with Crippen LogP contribution in [0.3, 0.4) is 0 Å². The van der Waals surface area contributed by atoms with Gasteiger partial charge in [0, 0.05) is 33.2 Å². The van der Waals surface area contributed by atoms with Gasteiger partial charge >= 0.3 is 7.12 Å². The Morgan fingerprint density at radius 1 is 1.11 bits per heavy atom. The van der Waals surface area contributed by atoms with Gasteiger partial charge in [-0.2, -0.15) is 0 Å². The molecule has 0 spiro atoms. The number of carbonyl (C=O) groups excluding carboxylic acids is 5. The molecule has 1 fully saturated rings. The first-order valence-electron chi connectivity index (χ1n) is 12.0. The van der Waals surface area contributed by atoms with Crippen molar-refractivity contribution in [1.82, 2.24) is 20.4 Å². The molecule has 0 unspecified atom stereocenters. The van der Waals surface area contributed by atoms with Crippen LogP contribution in [0.2, 0.25) is 10.0 Å². The zero-order valence-corrected chi connectivity index (χ0v) is 23.8. The minimum Gasteiger partial charge on any atom is -0.508 e. The zero-order chi connectivity index (χ0) is 28.8. The lowest BCUT2D eigenvalue weighted by Crippen LogP contribution is -2.63. The molecule has 0 bridgehead atoms. The van der Waals surface area contributed by atoms with Crippen LogP contribution in [0.1, 0.15) is 43.5 Å². The average molecular weight is 571 g/mol. The molecule has 1 saturated heterocycles. The van der Waals surface area contributed by atoms with Crippen molar-refractivity contribution in [3.05, 3.63) is 33.8 Å². The molecule has 38 heavy (non-hydrogen) atoms. The number of carbonyl (C=O) groups is 5. The Morgan fingerprint density at radius 2 is 1.76 bits per heavy atom. The monoisotopic (exact) mass is 570 g/mol. The number of halogens is 2. The number of likely N-dealkylation sites (N-methyl/N-ethyl adjacent to an activating group) is 1. The van der Waals surface area contributed by atoms with Crippen LogP contribution in [0.4, 0.5) is 0 Å². The van der Waals surface area contributed by atoms with Crippen molar-refractivity contribution in [1.29, 1.82) is 0 Å². The van der Waals surface area contributed by atoms with Gasteiger partial charge in [0.15, 0.2) is 5.60 Å². The lowest BCUT2D eigenvalue weighted by atomic mass is 9.70. The summed E-state index contributed by atoms with van der Waals surface area (Å²) in [5, 5.41) is 5.66. The Kier molecular flexibility index (Phi) is 11.0. The second-order valence-corrected chi connectivity index (χ2v) is 10.8. The van der Waals surface area contributed by atoms with Gasteiger partial charge in [-0.05, 0) is 30.5 Å². The highest BCUT2D eigenvalue weighted by molar-refractivity contribution is 6.50. The third-order valence-electron chi connectivity index (χ3n) is 5.73. The van der Waals surface area contributed by atoms with Crippen LogP contribution in [0.25, 0.3) is 0 Å². The van der Waals surface area contributed by atoms with E-state index in [1.807, 2.05) is 13.8 Å². The summed E-state index contributed by atoms with van der Waals surface area (Å²) in [5.74, 6) is -3.79. The SMILES string of the molecule is CC(C)C[C@H](NC(=O)CNC(=O)c1cc(Cl)ccc1Cl)B1OC(=O)C[C@](CC(=O)N(C)C)(C(=O)N(C)C)O1. The molecule has 11 nitrogen and oxygen atoms in total. The fraction of sp³-hybridized carbons (Fsp3) is 0.542. The van der Waals surface area contributed by atoms with Crippen molar-refractivity contribution < 1.29 is 33.3 Å². The van der Waals surface area contributed by atoms with E-state index in [1.165, 1.54) is 56.2 Å². The maximum absolute atomic E-state index is 13.2.